The van der Waals surface area contributed by atoms with Gasteiger partial charge in [0.25, 0.3) is 0 Å². The lowest BCUT2D eigenvalue weighted by Gasteiger charge is -2.33. The quantitative estimate of drug-likeness (QED) is 0.422. The van der Waals surface area contributed by atoms with Gasteiger partial charge in [-0.1, -0.05) is 5.11 Å². The summed E-state index contributed by atoms with van der Waals surface area (Å²) in [5.41, 5.74) is 7.81. The summed E-state index contributed by atoms with van der Waals surface area (Å²) in [7, 11) is 0. The Kier molecular flexibility index (Phi) is 4.63. The Morgan fingerprint density at radius 2 is 2.29 bits per heavy atom. The zero-order valence-corrected chi connectivity index (χ0v) is 10.7. The SMILES string of the molecule is CC(C)(C)OC(=O)N1CCC[C@@H](CN=[N+]=[N-])C1. The van der Waals surface area contributed by atoms with Crippen LogP contribution < -0.4 is 0 Å². The van der Waals surface area contributed by atoms with E-state index in [2.05, 4.69) is 10.0 Å². The number of carbonyl (C=O) groups is 1. The van der Waals surface area contributed by atoms with Crippen molar-refractivity contribution in [3.63, 3.8) is 0 Å². The van der Waals surface area contributed by atoms with Crippen LogP contribution in [0.25, 0.3) is 10.4 Å². The van der Waals surface area contributed by atoms with E-state index in [0.717, 1.165) is 19.4 Å². The minimum atomic E-state index is -0.463. The van der Waals surface area contributed by atoms with Gasteiger partial charge in [-0.05, 0) is 45.1 Å². The van der Waals surface area contributed by atoms with Crippen molar-refractivity contribution in [3.8, 4) is 0 Å². The fourth-order valence-corrected chi connectivity index (χ4v) is 1.86. The van der Waals surface area contributed by atoms with Crippen LogP contribution in [0.4, 0.5) is 4.79 Å². The summed E-state index contributed by atoms with van der Waals surface area (Å²) in [6.07, 6.45) is 1.66. The molecule has 1 aliphatic heterocycles. The molecule has 96 valence electrons. The number of rotatable bonds is 2. The second-order valence-corrected chi connectivity index (χ2v) is 5.35. The van der Waals surface area contributed by atoms with Crippen LogP contribution in [0.5, 0.6) is 0 Å². The van der Waals surface area contributed by atoms with Gasteiger partial charge in [0, 0.05) is 24.5 Å². The molecule has 0 aromatic rings. The lowest BCUT2D eigenvalue weighted by molar-refractivity contribution is 0.0170. The Labute approximate surface area is 102 Å². The van der Waals surface area contributed by atoms with E-state index in [1.54, 1.807) is 4.90 Å². The van der Waals surface area contributed by atoms with E-state index in [0.29, 0.717) is 13.1 Å². The first-order valence-corrected chi connectivity index (χ1v) is 5.91. The molecule has 0 unspecified atom stereocenters. The molecule has 6 nitrogen and oxygen atoms in total. The van der Waals surface area contributed by atoms with Gasteiger partial charge >= 0.3 is 6.09 Å². The molecule has 0 radical (unpaired) electrons. The summed E-state index contributed by atoms with van der Waals surface area (Å²) in [5.74, 6) is 0.257. The van der Waals surface area contributed by atoms with Gasteiger partial charge in [-0.2, -0.15) is 0 Å². The fraction of sp³-hybridized carbons (Fsp3) is 0.909. The Balaban J connectivity index is 2.48. The predicted molar refractivity (Wildman–Crippen MR) is 64.5 cm³/mol. The smallest absolute Gasteiger partial charge is 0.410 e. The van der Waals surface area contributed by atoms with Crippen LogP contribution in [0.3, 0.4) is 0 Å². The summed E-state index contributed by atoms with van der Waals surface area (Å²) >= 11 is 0. The molecule has 0 aliphatic carbocycles. The third kappa shape index (κ3) is 4.95. The van der Waals surface area contributed by atoms with Gasteiger partial charge in [0.15, 0.2) is 0 Å². The van der Waals surface area contributed by atoms with Gasteiger partial charge in [-0.3, -0.25) is 0 Å². The molecule has 0 N–H and O–H groups in total. The Hall–Kier alpha value is -1.42. The number of nitrogens with zero attached hydrogens (tertiary/aromatic N) is 4. The van der Waals surface area contributed by atoms with E-state index in [1.807, 2.05) is 20.8 Å². The van der Waals surface area contributed by atoms with Gasteiger partial charge in [0.1, 0.15) is 5.60 Å². The third-order valence-corrected chi connectivity index (χ3v) is 2.57. The molecule has 1 atom stereocenters. The van der Waals surface area contributed by atoms with Crippen molar-refractivity contribution in [2.75, 3.05) is 19.6 Å². The molecule has 0 saturated carbocycles. The Morgan fingerprint density at radius 3 is 2.88 bits per heavy atom. The standard InChI is InChI=1S/C11H20N4O2/c1-11(2,3)17-10(16)15-6-4-5-9(8-15)7-13-14-12/h9H,4-8H2,1-3H3/t9-/m0/s1. The number of piperidine rings is 1. The summed E-state index contributed by atoms with van der Waals surface area (Å²) in [6, 6.07) is 0. The van der Waals surface area contributed by atoms with Crippen LogP contribution in [0.1, 0.15) is 33.6 Å². The van der Waals surface area contributed by atoms with Crippen molar-refractivity contribution in [1.29, 1.82) is 0 Å². The first-order chi connectivity index (χ1) is 7.92. The highest BCUT2D eigenvalue weighted by Gasteiger charge is 2.27. The Morgan fingerprint density at radius 1 is 1.59 bits per heavy atom. The molecule has 6 heteroatoms. The zero-order valence-electron chi connectivity index (χ0n) is 10.7. The third-order valence-electron chi connectivity index (χ3n) is 2.57. The number of azide groups is 1. The van der Waals surface area contributed by atoms with Crippen molar-refractivity contribution in [3.05, 3.63) is 10.4 Å². The predicted octanol–water partition coefficient (Wildman–Crippen LogP) is 2.94. The highest BCUT2D eigenvalue weighted by Crippen LogP contribution is 2.19. The number of hydrogen-bond donors (Lipinski definition) is 0. The first kappa shape index (κ1) is 13.6. The maximum absolute atomic E-state index is 11.8. The average Bonchev–Trinajstić information content (AvgIpc) is 2.24. The van der Waals surface area contributed by atoms with Crippen LogP contribution >= 0.6 is 0 Å². The number of amides is 1. The van der Waals surface area contributed by atoms with Crippen molar-refractivity contribution in [2.45, 2.75) is 39.2 Å². The molecule has 0 spiro atoms. The first-order valence-electron chi connectivity index (χ1n) is 5.91. The molecule has 0 aromatic heterocycles. The van der Waals surface area contributed by atoms with Gasteiger partial charge in [0.05, 0.1) is 0 Å². The molecule has 1 rings (SSSR count). The van der Waals surface area contributed by atoms with E-state index in [-0.39, 0.29) is 12.0 Å². The fourth-order valence-electron chi connectivity index (χ4n) is 1.86. The highest BCUT2D eigenvalue weighted by atomic mass is 16.6. The number of hydrogen-bond acceptors (Lipinski definition) is 3. The lowest BCUT2D eigenvalue weighted by atomic mass is 9.99. The summed E-state index contributed by atoms with van der Waals surface area (Å²) in [5, 5.41) is 3.57. The largest absolute Gasteiger partial charge is 0.444 e. The van der Waals surface area contributed by atoms with Crippen LogP contribution in [0.15, 0.2) is 5.11 Å². The van der Waals surface area contributed by atoms with Crippen LogP contribution in [0.2, 0.25) is 0 Å². The molecule has 0 bridgehead atoms. The monoisotopic (exact) mass is 240 g/mol. The molecule has 1 heterocycles. The summed E-state index contributed by atoms with van der Waals surface area (Å²) in [6.45, 7) is 7.36. The van der Waals surface area contributed by atoms with E-state index in [1.165, 1.54) is 0 Å². The van der Waals surface area contributed by atoms with Crippen molar-refractivity contribution in [1.82, 2.24) is 4.90 Å². The number of carbonyl (C=O) groups excluding carboxylic acids is 1. The Bertz CT molecular complexity index is 318. The van der Waals surface area contributed by atoms with Gasteiger partial charge in [0.2, 0.25) is 0 Å². The molecule has 1 fully saturated rings. The minimum absolute atomic E-state index is 0.257. The zero-order chi connectivity index (χ0) is 12.9. The second-order valence-electron chi connectivity index (χ2n) is 5.35. The molecule has 0 aromatic carbocycles. The lowest BCUT2D eigenvalue weighted by Crippen LogP contribution is -2.43. The number of ether oxygens (including phenoxy) is 1. The molecule has 1 aliphatic rings. The molecule has 1 amide bonds. The normalized spacial score (nSPS) is 20.6. The van der Waals surface area contributed by atoms with E-state index >= 15 is 0 Å². The van der Waals surface area contributed by atoms with Crippen molar-refractivity contribution >= 4 is 6.09 Å². The van der Waals surface area contributed by atoms with E-state index in [4.69, 9.17) is 10.3 Å². The van der Waals surface area contributed by atoms with Crippen molar-refractivity contribution in [2.24, 2.45) is 11.0 Å². The van der Waals surface area contributed by atoms with Crippen LogP contribution in [-0.4, -0.2) is 36.2 Å². The van der Waals surface area contributed by atoms with Crippen molar-refractivity contribution < 1.29 is 9.53 Å². The summed E-state index contributed by atoms with van der Waals surface area (Å²) < 4.78 is 5.31. The second kappa shape index (κ2) is 5.77. The van der Waals surface area contributed by atoms with Crippen LogP contribution in [-0.2, 0) is 4.74 Å². The van der Waals surface area contributed by atoms with E-state index in [9.17, 15) is 4.79 Å². The number of likely N-dealkylation sites (tertiary alicyclic amines) is 1. The van der Waals surface area contributed by atoms with Gasteiger partial charge < -0.3 is 9.64 Å². The van der Waals surface area contributed by atoms with Gasteiger partial charge in [-0.25, -0.2) is 4.79 Å². The maximum Gasteiger partial charge on any atom is 0.410 e. The topological polar surface area (TPSA) is 78.3 Å². The van der Waals surface area contributed by atoms with Crippen LogP contribution in [0, 0.1) is 5.92 Å². The van der Waals surface area contributed by atoms with E-state index < -0.39 is 5.60 Å². The highest BCUT2D eigenvalue weighted by molar-refractivity contribution is 5.68. The molecule has 1 saturated heterocycles. The molecule has 17 heavy (non-hydrogen) atoms. The minimum Gasteiger partial charge on any atom is -0.444 e. The molecular formula is C11H20N4O2. The average molecular weight is 240 g/mol. The molecular weight excluding hydrogens is 220 g/mol. The maximum atomic E-state index is 11.8. The summed E-state index contributed by atoms with van der Waals surface area (Å²) in [4.78, 5) is 16.3. The van der Waals surface area contributed by atoms with Gasteiger partial charge in [-0.15, -0.1) is 0 Å².